The SMILES string of the molecule is CCCCCCC=NCCN(CCN=C(C)CC)OC1CCCC(=O)C1O. The molecule has 0 heterocycles. The summed E-state index contributed by atoms with van der Waals surface area (Å²) >= 11 is 0. The highest BCUT2D eigenvalue weighted by Gasteiger charge is 2.32. The smallest absolute Gasteiger partial charge is 0.164 e. The van der Waals surface area contributed by atoms with Gasteiger partial charge >= 0.3 is 0 Å². The Morgan fingerprint density at radius 3 is 2.78 bits per heavy atom. The topological polar surface area (TPSA) is 74.5 Å². The van der Waals surface area contributed by atoms with Crippen molar-refractivity contribution in [2.75, 3.05) is 26.2 Å². The minimum absolute atomic E-state index is 0.115. The zero-order chi connectivity index (χ0) is 19.9. The molecule has 1 fully saturated rings. The van der Waals surface area contributed by atoms with E-state index in [4.69, 9.17) is 4.84 Å². The Balaban J connectivity index is 2.44. The Bertz CT molecular complexity index is 466. The molecule has 2 unspecified atom stereocenters. The molecule has 2 atom stereocenters. The molecule has 0 saturated heterocycles. The largest absolute Gasteiger partial charge is 0.382 e. The van der Waals surface area contributed by atoms with Crippen LogP contribution in [0.3, 0.4) is 0 Å². The van der Waals surface area contributed by atoms with Gasteiger partial charge in [-0.25, -0.2) is 0 Å². The van der Waals surface area contributed by atoms with Crippen LogP contribution in [0, 0.1) is 0 Å². The molecule has 0 bridgehead atoms. The van der Waals surface area contributed by atoms with Gasteiger partial charge < -0.3 is 5.11 Å². The summed E-state index contributed by atoms with van der Waals surface area (Å²) in [5, 5.41) is 11.9. The minimum atomic E-state index is -1.01. The number of ketones is 1. The highest BCUT2D eigenvalue weighted by molar-refractivity contribution is 5.84. The first kappa shape index (κ1) is 23.9. The van der Waals surface area contributed by atoms with Crippen molar-refractivity contribution >= 4 is 17.7 Å². The molecule has 1 aliphatic carbocycles. The summed E-state index contributed by atoms with van der Waals surface area (Å²) in [6, 6.07) is 0. The Hall–Kier alpha value is -1.11. The van der Waals surface area contributed by atoms with Crippen LogP contribution >= 0.6 is 0 Å². The van der Waals surface area contributed by atoms with E-state index in [1.54, 1.807) is 0 Å². The molecule has 0 aliphatic heterocycles. The van der Waals surface area contributed by atoms with E-state index in [1.165, 1.54) is 25.7 Å². The molecule has 156 valence electrons. The fourth-order valence-corrected chi connectivity index (χ4v) is 2.99. The fourth-order valence-electron chi connectivity index (χ4n) is 2.99. The van der Waals surface area contributed by atoms with E-state index in [9.17, 15) is 9.90 Å². The summed E-state index contributed by atoms with van der Waals surface area (Å²) < 4.78 is 0. The average molecular weight is 382 g/mol. The number of unbranched alkanes of at least 4 members (excludes halogenated alkanes) is 4. The number of hydroxylamine groups is 2. The summed E-state index contributed by atoms with van der Waals surface area (Å²) in [4.78, 5) is 26.7. The van der Waals surface area contributed by atoms with Crippen molar-refractivity contribution in [3.05, 3.63) is 0 Å². The number of carbonyl (C=O) groups excluding carboxylic acids is 1. The number of aliphatic imine (C=N–C) groups is 2. The van der Waals surface area contributed by atoms with Gasteiger partial charge in [0.1, 0.15) is 12.2 Å². The third-order valence-electron chi connectivity index (χ3n) is 4.92. The zero-order valence-electron chi connectivity index (χ0n) is 17.5. The van der Waals surface area contributed by atoms with E-state index in [1.807, 2.05) is 18.2 Å². The van der Waals surface area contributed by atoms with Crippen LogP contribution in [0.1, 0.15) is 78.6 Å². The van der Waals surface area contributed by atoms with Gasteiger partial charge in [0.2, 0.25) is 0 Å². The lowest BCUT2D eigenvalue weighted by molar-refractivity contribution is -0.224. The van der Waals surface area contributed by atoms with E-state index in [0.717, 1.165) is 25.0 Å². The van der Waals surface area contributed by atoms with Gasteiger partial charge in [-0.2, -0.15) is 5.06 Å². The first-order valence-corrected chi connectivity index (χ1v) is 10.7. The van der Waals surface area contributed by atoms with Crippen LogP contribution in [-0.2, 0) is 9.63 Å². The lowest BCUT2D eigenvalue weighted by Crippen LogP contribution is -2.44. The first-order chi connectivity index (χ1) is 13.1. The second-order valence-electron chi connectivity index (χ2n) is 7.28. The third-order valence-corrected chi connectivity index (χ3v) is 4.92. The molecule has 1 aliphatic rings. The van der Waals surface area contributed by atoms with Crippen LogP contribution in [0.15, 0.2) is 9.98 Å². The molecule has 27 heavy (non-hydrogen) atoms. The Morgan fingerprint density at radius 1 is 1.26 bits per heavy atom. The molecule has 0 amide bonds. The third kappa shape index (κ3) is 10.7. The van der Waals surface area contributed by atoms with Crippen LogP contribution < -0.4 is 0 Å². The van der Waals surface area contributed by atoms with Crippen molar-refractivity contribution in [3.63, 3.8) is 0 Å². The van der Waals surface area contributed by atoms with Crippen molar-refractivity contribution in [1.82, 2.24) is 5.06 Å². The molecule has 0 spiro atoms. The monoisotopic (exact) mass is 381 g/mol. The molecule has 6 heteroatoms. The van der Waals surface area contributed by atoms with Crippen LogP contribution in [-0.4, -0.2) is 66.3 Å². The summed E-state index contributed by atoms with van der Waals surface area (Å²) in [7, 11) is 0. The van der Waals surface area contributed by atoms with E-state index >= 15 is 0 Å². The maximum Gasteiger partial charge on any atom is 0.164 e. The number of rotatable bonds is 14. The normalized spacial score (nSPS) is 21.5. The fraction of sp³-hybridized carbons (Fsp3) is 0.857. The van der Waals surface area contributed by atoms with Gasteiger partial charge in [0.05, 0.1) is 13.1 Å². The molecule has 6 nitrogen and oxygen atoms in total. The minimum Gasteiger partial charge on any atom is -0.382 e. The van der Waals surface area contributed by atoms with Crippen molar-refractivity contribution < 1.29 is 14.7 Å². The highest BCUT2D eigenvalue weighted by Crippen LogP contribution is 2.19. The molecule has 0 radical (unpaired) electrons. The molecular formula is C21H39N3O3. The number of hydrogen-bond acceptors (Lipinski definition) is 6. The summed E-state index contributed by atoms with van der Waals surface area (Å²) in [5.74, 6) is -0.115. The number of aliphatic hydroxyl groups excluding tert-OH is 1. The molecule has 0 aromatic carbocycles. The van der Waals surface area contributed by atoms with E-state index < -0.39 is 12.2 Å². The molecular weight excluding hydrogens is 342 g/mol. The first-order valence-electron chi connectivity index (χ1n) is 10.7. The predicted molar refractivity (Wildman–Crippen MR) is 112 cm³/mol. The molecule has 1 rings (SSSR count). The molecule has 1 saturated carbocycles. The standard InChI is InChI=1S/C21H39N3O3/c1-4-6-7-8-9-13-22-14-16-24(17-15-23-18(3)5-2)27-20-12-10-11-19(25)21(20)26/h13,20-21,26H,4-12,14-17H2,1-3H3. The van der Waals surface area contributed by atoms with Gasteiger partial charge in [0.25, 0.3) is 0 Å². The zero-order valence-corrected chi connectivity index (χ0v) is 17.5. The van der Waals surface area contributed by atoms with E-state index in [-0.39, 0.29) is 5.78 Å². The van der Waals surface area contributed by atoms with E-state index in [0.29, 0.717) is 39.0 Å². The van der Waals surface area contributed by atoms with Gasteiger partial charge in [0, 0.05) is 25.2 Å². The number of carbonyl (C=O) groups is 1. The molecule has 1 N–H and O–H groups in total. The second-order valence-corrected chi connectivity index (χ2v) is 7.28. The maximum absolute atomic E-state index is 11.7. The number of hydrogen-bond donors (Lipinski definition) is 1. The Morgan fingerprint density at radius 2 is 2.04 bits per heavy atom. The van der Waals surface area contributed by atoms with Crippen molar-refractivity contribution in [1.29, 1.82) is 0 Å². The maximum atomic E-state index is 11.7. The van der Waals surface area contributed by atoms with Crippen molar-refractivity contribution in [2.45, 2.75) is 90.8 Å². The Kier molecular flexibility index (Phi) is 13.2. The van der Waals surface area contributed by atoms with Crippen LogP contribution in [0.2, 0.25) is 0 Å². The van der Waals surface area contributed by atoms with Gasteiger partial charge in [-0.3, -0.25) is 19.6 Å². The highest BCUT2D eigenvalue weighted by atomic mass is 16.7. The van der Waals surface area contributed by atoms with E-state index in [2.05, 4.69) is 23.8 Å². The van der Waals surface area contributed by atoms with Crippen LogP contribution in [0.4, 0.5) is 0 Å². The second kappa shape index (κ2) is 14.9. The summed E-state index contributed by atoms with van der Waals surface area (Å²) in [6.07, 6.45) is 9.45. The summed E-state index contributed by atoms with van der Waals surface area (Å²) in [5.41, 5.74) is 1.12. The number of nitrogens with zero attached hydrogens (tertiary/aromatic N) is 3. The number of aliphatic hydroxyl groups is 1. The van der Waals surface area contributed by atoms with Gasteiger partial charge in [0.15, 0.2) is 5.78 Å². The average Bonchev–Trinajstić information content (AvgIpc) is 2.67. The molecule has 0 aromatic heterocycles. The Labute approximate surface area is 165 Å². The number of Topliss-reactive ketones (excluding diaryl/α,β-unsaturated/α-hetero) is 1. The van der Waals surface area contributed by atoms with Gasteiger partial charge in [-0.1, -0.05) is 33.1 Å². The lowest BCUT2D eigenvalue weighted by Gasteiger charge is -2.31. The van der Waals surface area contributed by atoms with Crippen LogP contribution in [0.25, 0.3) is 0 Å². The van der Waals surface area contributed by atoms with Gasteiger partial charge in [-0.15, -0.1) is 0 Å². The summed E-state index contributed by atoms with van der Waals surface area (Å²) in [6.45, 7) is 8.91. The van der Waals surface area contributed by atoms with Crippen molar-refractivity contribution in [3.8, 4) is 0 Å². The predicted octanol–water partition coefficient (Wildman–Crippen LogP) is 3.61. The quantitative estimate of drug-likeness (QED) is 0.283. The van der Waals surface area contributed by atoms with Gasteiger partial charge in [-0.05, 0) is 45.2 Å². The van der Waals surface area contributed by atoms with Crippen LogP contribution in [0.5, 0.6) is 0 Å². The molecule has 0 aromatic rings. The lowest BCUT2D eigenvalue weighted by atomic mass is 9.94. The van der Waals surface area contributed by atoms with Crippen molar-refractivity contribution in [2.24, 2.45) is 9.98 Å².